The van der Waals surface area contributed by atoms with Gasteiger partial charge in [-0.05, 0) is 55.9 Å². The Balaban J connectivity index is 1.20. The number of carboxylic acids is 1. The van der Waals surface area contributed by atoms with E-state index >= 15 is 0 Å². The van der Waals surface area contributed by atoms with Crippen LogP contribution in [-0.4, -0.2) is 63.6 Å². The summed E-state index contributed by atoms with van der Waals surface area (Å²) in [5, 5.41) is 14.4. The minimum atomic E-state index is -0.935. The van der Waals surface area contributed by atoms with Gasteiger partial charge in [-0.3, -0.25) is 9.59 Å². The molecular formula is C28H35N5O5. The molecule has 0 atom stereocenters. The Hall–Kier alpha value is -3.82. The number of aromatic nitrogens is 2. The Labute approximate surface area is 221 Å². The molecule has 3 N–H and O–H groups in total. The first kappa shape index (κ1) is 25.8. The fraction of sp³-hybridized carbons (Fsp3) is 0.500. The van der Waals surface area contributed by atoms with Crippen LogP contribution in [0.5, 0.6) is 0 Å². The lowest BCUT2D eigenvalue weighted by Gasteiger charge is -2.32. The summed E-state index contributed by atoms with van der Waals surface area (Å²) in [6.45, 7) is 1.83. The first-order chi connectivity index (χ1) is 18.5. The molecule has 2 aliphatic rings. The van der Waals surface area contributed by atoms with Gasteiger partial charge in [-0.1, -0.05) is 19.3 Å². The average Bonchev–Trinajstić information content (AvgIpc) is 3.60. The van der Waals surface area contributed by atoms with E-state index in [1.807, 2.05) is 24.3 Å². The van der Waals surface area contributed by atoms with Gasteiger partial charge in [0, 0.05) is 37.8 Å². The highest BCUT2D eigenvalue weighted by Gasteiger charge is 2.25. The summed E-state index contributed by atoms with van der Waals surface area (Å²) in [6.07, 6.45) is 10.8. The number of hydrogen-bond acceptors (Lipinski definition) is 5. The van der Waals surface area contributed by atoms with Crippen molar-refractivity contribution in [3.63, 3.8) is 0 Å². The number of carboxylic acid groups (broad SMARTS) is 1. The van der Waals surface area contributed by atoms with E-state index in [0.29, 0.717) is 31.2 Å². The van der Waals surface area contributed by atoms with Crippen LogP contribution in [0.2, 0.25) is 0 Å². The third kappa shape index (κ3) is 5.84. The van der Waals surface area contributed by atoms with E-state index in [1.165, 1.54) is 19.3 Å². The summed E-state index contributed by atoms with van der Waals surface area (Å²) in [7, 11) is 0. The van der Waals surface area contributed by atoms with E-state index in [4.69, 9.17) is 14.5 Å². The second-order valence-electron chi connectivity index (χ2n) is 10.3. The summed E-state index contributed by atoms with van der Waals surface area (Å²) in [6, 6.07) is 7.85. The minimum Gasteiger partial charge on any atom is -0.481 e. The van der Waals surface area contributed by atoms with Crippen molar-refractivity contribution in [2.24, 2.45) is 5.92 Å². The molecule has 2 fully saturated rings. The lowest BCUT2D eigenvalue weighted by molar-refractivity contribution is -0.136. The fourth-order valence-electron chi connectivity index (χ4n) is 5.61. The molecule has 3 aromatic rings. The summed E-state index contributed by atoms with van der Waals surface area (Å²) in [5.74, 6) is 0.105. The van der Waals surface area contributed by atoms with Crippen molar-refractivity contribution in [2.75, 3.05) is 26.2 Å². The smallest absolute Gasteiger partial charge is 0.317 e. The molecule has 3 amide bonds. The van der Waals surface area contributed by atoms with Gasteiger partial charge in [0.25, 0.3) is 5.91 Å². The first-order valence-electron chi connectivity index (χ1n) is 13.6. The molecule has 10 heteroatoms. The summed E-state index contributed by atoms with van der Waals surface area (Å²) >= 11 is 0. The van der Waals surface area contributed by atoms with Gasteiger partial charge in [0.05, 0.1) is 29.3 Å². The first-order valence-corrected chi connectivity index (χ1v) is 13.6. The molecule has 0 spiro atoms. The maximum absolute atomic E-state index is 13.0. The SMILES string of the molecule is O=C(O)CCNC(=O)N1CCC(CNC(=O)c2ccc3c(c2)nc(-c2ccoc2)n3C2CCCCC2)CC1. The van der Waals surface area contributed by atoms with Gasteiger partial charge in [-0.25, -0.2) is 9.78 Å². The second kappa shape index (κ2) is 11.7. The van der Waals surface area contributed by atoms with Crippen LogP contribution in [0.4, 0.5) is 4.79 Å². The second-order valence-corrected chi connectivity index (χ2v) is 10.3. The van der Waals surface area contributed by atoms with E-state index in [0.717, 1.165) is 48.1 Å². The number of piperidine rings is 1. The Morgan fingerprint density at radius 2 is 1.82 bits per heavy atom. The van der Waals surface area contributed by atoms with Crippen molar-refractivity contribution in [1.29, 1.82) is 0 Å². The number of benzene rings is 1. The zero-order valence-corrected chi connectivity index (χ0v) is 21.5. The van der Waals surface area contributed by atoms with Gasteiger partial charge in [0.1, 0.15) is 12.1 Å². The van der Waals surface area contributed by atoms with Crippen LogP contribution in [0.25, 0.3) is 22.4 Å². The molecule has 0 unspecified atom stereocenters. The fourth-order valence-corrected chi connectivity index (χ4v) is 5.61. The topological polar surface area (TPSA) is 130 Å². The number of amides is 3. The molecule has 2 aromatic heterocycles. The number of furan rings is 1. The van der Waals surface area contributed by atoms with E-state index in [1.54, 1.807) is 17.4 Å². The number of imidazole rings is 1. The average molecular weight is 522 g/mol. The molecule has 1 saturated carbocycles. The number of aliphatic carboxylic acids is 1. The largest absolute Gasteiger partial charge is 0.481 e. The van der Waals surface area contributed by atoms with Crippen molar-refractivity contribution >= 4 is 28.9 Å². The summed E-state index contributed by atoms with van der Waals surface area (Å²) in [4.78, 5) is 42.4. The zero-order valence-electron chi connectivity index (χ0n) is 21.5. The van der Waals surface area contributed by atoms with Gasteiger partial charge < -0.3 is 29.6 Å². The molecule has 1 aromatic carbocycles. The lowest BCUT2D eigenvalue weighted by atomic mass is 9.95. The number of fused-ring (bicyclic) bond motifs is 1. The number of likely N-dealkylation sites (tertiary alicyclic amines) is 1. The molecule has 1 saturated heterocycles. The van der Waals surface area contributed by atoms with Crippen LogP contribution in [-0.2, 0) is 4.79 Å². The monoisotopic (exact) mass is 521 g/mol. The van der Waals surface area contributed by atoms with Crippen molar-refractivity contribution in [3.8, 4) is 11.4 Å². The van der Waals surface area contributed by atoms with E-state index in [2.05, 4.69) is 15.2 Å². The molecule has 3 heterocycles. The molecule has 0 radical (unpaired) electrons. The van der Waals surface area contributed by atoms with Crippen LogP contribution in [0.3, 0.4) is 0 Å². The van der Waals surface area contributed by atoms with Crippen LogP contribution in [0, 0.1) is 5.92 Å². The highest BCUT2D eigenvalue weighted by molar-refractivity contribution is 5.98. The molecule has 202 valence electrons. The van der Waals surface area contributed by atoms with Crippen LogP contribution in [0.15, 0.2) is 41.2 Å². The quantitative estimate of drug-likeness (QED) is 0.402. The third-order valence-corrected chi connectivity index (χ3v) is 7.74. The molecule has 38 heavy (non-hydrogen) atoms. The molecule has 0 bridgehead atoms. The molecule has 1 aliphatic heterocycles. The number of carbonyl (C=O) groups excluding carboxylic acids is 2. The van der Waals surface area contributed by atoms with E-state index in [9.17, 15) is 14.4 Å². The van der Waals surface area contributed by atoms with Crippen LogP contribution in [0.1, 0.15) is 67.8 Å². The normalized spacial score (nSPS) is 17.0. The third-order valence-electron chi connectivity index (χ3n) is 7.74. The number of hydrogen-bond donors (Lipinski definition) is 3. The van der Waals surface area contributed by atoms with Crippen molar-refractivity contribution in [3.05, 3.63) is 42.4 Å². The number of nitrogens with zero attached hydrogens (tertiary/aromatic N) is 3. The Kier molecular flexibility index (Phi) is 7.95. The molecule has 10 nitrogen and oxygen atoms in total. The lowest BCUT2D eigenvalue weighted by Crippen LogP contribution is -2.46. The van der Waals surface area contributed by atoms with Crippen molar-refractivity contribution < 1.29 is 23.9 Å². The van der Waals surface area contributed by atoms with Gasteiger partial charge in [-0.15, -0.1) is 0 Å². The number of rotatable bonds is 8. The highest BCUT2D eigenvalue weighted by Crippen LogP contribution is 2.36. The zero-order chi connectivity index (χ0) is 26.5. The maximum Gasteiger partial charge on any atom is 0.317 e. The highest BCUT2D eigenvalue weighted by atomic mass is 16.4. The summed E-state index contributed by atoms with van der Waals surface area (Å²) in [5.41, 5.74) is 3.37. The van der Waals surface area contributed by atoms with Crippen LogP contribution >= 0.6 is 0 Å². The number of nitrogens with one attached hydrogen (secondary N) is 2. The van der Waals surface area contributed by atoms with Crippen molar-refractivity contribution in [2.45, 2.75) is 57.4 Å². The Morgan fingerprint density at radius 1 is 1.03 bits per heavy atom. The maximum atomic E-state index is 13.0. The molecule has 5 rings (SSSR count). The Morgan fingerprint density at radius 3 is 2.53 bits per heavy atom. The predicted octanol–water partition coefficient (Wildman–Crippen LogP) is 4.43. The summed E-state index contributed by atoms with van der Waals surface area (Å²) < 4.78 is 7.67. The Bertz CT molecular complexity index is 1270. The van der Waals surface area contributed by atoms with E-state index in [-0.39, 0.29) is 30.8 Å². The van der Waals surface area contributed by atoms with E-state index < -0.39 is 5.97 Å². The van der Waals surface area contributed by atoms with Crippen LogP contribution < -0.4 is 10.6 Å². The van der Waals surface area contributed by atoms with Crippen molar-refractivity contribution in [1.82, 2.24) is 25.1 Å². The molecular weight excluding hydrogens is 486 g/mol. The predicted molar refractivity (Wildman–Crippen MR) is 142 cm³/mol. The van der Waals surface area contributed by atoms with Gasteiger partial charge in [-0.2, -0.15) is 0 Å². The molecule has 1 aliphatic carbocycles. The minimum absolute atomic E-state index is 0.0918. The number of carbonyl (C=O) groups is 3. The van der Waals surface area contributed by atoms with Gasteiger partial charge in [0.15, 0.2) is 0 Å². The van der Waals surface area contributed by atoms with Gasteiger partial charge in [0.2, 0.25) is 0 Å². The standard InChI is InChI=1S/C28H35N5O5/c34-25(35)8-12-29-28(37)32-13-9-19(10-14-32)17-30-27(36)20-6-7-24-23(16-20)31-26(21-11-15-38-18-21)33(24)22-4-2-1-3-5-22/h6-7,11,15-16,18-19,22H,1-5,8-10,12-14,17H2,(H,29,37)(H,30,36)(H,34,35). The van der Waals surface area contributed by atoms with Gasteiger partial charge >= 0.3 is 12.0 Å². The number of urea groups is 1.